The van der Waals surface area contributed by atoms with Gasteiger partial charge in [0.15, 0.2) is 5.78 Å². The first-order chi connectivity index (χ1) is 13.6. The normalized spacial score (nSPS) is 23.2. The molecule has 2 atom stereocenters. The number of benzene rings is 1. The lowest BCUT2D eigenvalue weighted by atomic mass is 9.77. The Kier molecular flexibility index (Phi) is 6.02. The van der Waals surface area contributed by atoms with Crippen molar-refractivity contribution in [2.75, 3.05) is 13.7 Å². The number of aliphatic carboxylic acids is 1. The molecule has 158 valence electrons. The summed E-state index contributed by atoms with van der Waals surface area (Å²) in [6, 6.07) is 4.82. The Morgan fingerprint density at radius 2 is 2.03 bits per heavy atom. The predicted molar refractivity (Wildman–Crippen MR) is 113 cm³/mol. The van der Waals surface area contributed by atoms with Crippen LogP contribution in [0.2, 0.25) is 0 Å². The smallest absolute Gasteiger partial charge is 0.325 e. The molecule has 5 nitrogen and oxygen atoms in total. The monoisotopic (exact) mass is 399 g/mol. The van der Waals surface area contributed by atoms with Gasteiger partial charge in [0.2, 0.25) is 0 Å². The predicted octanol–water partition coefficient (Wildman–Crippen LogP) is 4.09. The first-order valence-corrected chi connectivity index (χ1v) is 10.5. The summed E-state index contributed by atoms with van der Waals surface area (Å²) in [6.45, 7) is 11.0. The van der Waals surface area contributed by atoms with E-state index in [0.29, 0.717) is 30.1 Å². The molecule has 2 N–H and O–H groups in total. The average molecular weight is 400 g/mol. The van der Waals surface area contributed by atoms with Crippen LogP contribution in [0.4, 0.5) is 0 Å². The number of carboxylic acid groups (broad SMARTS) is 1. The van der Waals surface area contributed by atoms with Crippen LogP contribution in [0.1, 0.15) is 68.7 Å². The SMILES string of the molecule is C=C(C[C@@H]1CCOC(C)(C)C1)C(=O)C1(c2c(C)cccc2[C@@H](NC)C(=O)O)CC1. The molecule has 1 aromatic rings. The third-order valence-electron chi connectivity index (χ3n) is 6.47. The Labute approximate surface area is 173 Å². The number of carbonyl (C=O) groups excluding carboxylic acids is 1. The summed E-state index contributed by atoms with van der Waals surface area (Å²) >= 11 is 0. The summed E-state index contributed by atoms with van der Waals surface area (Å²) in [5.74, 6) is -0.463. The van der Waals surface area contributed by atoms with Gasteiger partial charge in [-0.15, -0.1) is 0 Å². The lowest BCUT2D eigenvalue weighted by Crippen LogP contribution is -2.35. The second-order valence-electron chi connectivity index (χ2n) is 9.28. The van der Waals surface area contributed by atoms with Crippen LogP contribution >= 0.6 is 0 Å². The number of carboxylic acids is 1. The molecule has 5 heteroatoms. The van der Waals surface area contributed by atoms with Gasteiger partial charge in [-0.25, -0.2) is 0 Å². The molecule has 0 spiro atoms. The zero-order chi connectivity index (χ0) is 21.4. The molecular formula is C24H33NO4. The Morgan fingerprint density at radius 3 is 2.59 bits per heavy atom. The summed E-state index contributed by atoms with van der Waals surface area (Å²) in [6.07, 6.45) is 4.04. The fraction of sp³-hybridized carbons (Fsp3) is 0.583. The van der Waals surface area contributed by atoms with E-state index in [4.69, 9.17) is 4.74 Å². The van der Waals surface area contributed by atoms with E-state index in [1.54, 1.807) is 7.05 Å². The lowest BCUT2D eigenvalue weighted by Gasteiger charge is -2.36. The molecule has 0 unspecified atom stereocenters. The van der Waals surface area contributed by atoms with E-state index in [1.807, 2.05) is 25.1 Å². The molecular weight excluding hydrogens is 366 g/mol. The van der Waals surface area contributed by atoms with Gasteiger partial charge in [0.25, 0.3) is 0 Å². The van der Waals surface area contributed by atoms with Crippen molar-refractivity contribution in [2.24, 2.45) is 5.92 Å². The van der Waals surface area contributed by atoms with Crippen molar-refractivity contribution >= 4 is 11.8 Å². The number of carbonyl (C=O) groups is 2. The summed E-state index contributed by atoms with van der Waals surface area (Å²) in [5, 5.41) is 12.5. The number of hydrogen-bond acceptors (Lipinski definition) is 4. The van der Waals surface area contributed by atoms with Crippen LogP contribution in [0.25, 0.3) is 0 Å². The minimum Gasteiger partial charge on any atom is -0.480 e. The molecule has 1 saturated carbocycles. The number of ketones is 1. The summed E-state index contributed by atoms with van der Waals surface area (Å²) < 4.78 is 5.80. The Morgan fingerprint density at radius 1 is 1.34 bits per heavy atom. The maximum Gasteiger partial charge on any atom is 0.325 e. The molecule has 0 radical (unpaired) electrons. The lowest BCUT2D eigenvalue weighted by molar-refractivity contribution is -0.139. The van der Waals surface area contributed by atoms with Crippen molar-refractivity contribution in [3.8, 4) is 0 Å². The average Bonchev–Trinajstić information content (AvgIpc) is 3.42. The highest BCUT2D eigenvalue weighted by atomic mass is 16.5. The number of Topliss-reactive ketones (excluding diaryl/α,β-unsaturated/α-hetero) is 1. The fourth-order valence-electron chi connectivity index (χ4n) is 5.02. The third kappa shape index (κ3) is 4.31. The number of hydrogen-bond donors (Lipinski definition) is 2. The van der Waals surface area contributed by atoms with Crippen molar-refractivity contribution in [3.63, 3.8) is 0 Å². The van der Waals surface area contributed by atoms with Crippen LogP contribution in [0.15, 0.2) is 30.4 Å². The molecule has 0 aromatic heterocycles. The van der Waals surface area contributed by atoms with Crippen molar-refractivity contribution < 1.29 is 19.4 Å². The number of aryl methyl sites for hydroxylation is 1. The highest BCUT2D eigenvalue weighted by Crippen LogP contribution is 2.54. The van der Waals surface area contributed by atoms with Gasteiger partial charge in [0, 0.05) is 6.61 Å². The molecule has 1 aliphatic heterocycles. The van der Waals surface area contributed by atoms with E-state index >= 15 is 0 Å². The van der Waals surface area contributed by atoms with Crippen molar-refractivity contribution in [3.05, 3.63) is 47.0 Å². The molecule has 1 heterocycles. The van der Waals surface area contributed by atoms with Gasteiger partial charge in [0.05, 0.1) is 11.0 Å². The van der Waals surface area contributed by atoms with E-state index in [1.165, 1.54) is 0 Å². The Bertz CT molecular complexity index is 822. The van der Waals surface area contributed by atoms with Gasteiger partial charge in [-0.2, -0.15) is 0 Å². The van der Waals surface area contributed by atoms with Gasteiger partial charge in [0.1, 0.15) is 6.04 Å². The molecule has 2 aliphatic rings. The Hall–Kier alpha value is -1.98. The van der Waals surface area contributed by atoms with Crippen LogP contribution in [0, 0.1) is 12.8 Å². The van der Waals surface area contributed by atoms with E-state index < -0.39 is 17.4 Å². The first kappa shape index (κ1) is 21.7. The molecule has 29 heavy (non-hydrogen) atoms. The molecule has 3 rings (SSSR count). The Balaban J connectivity index is 1.87. The second kappa shape index (κ2) is 8.04. The van der Waals surface area contributed by atoms with Gasteiger partial charge in [-0.05, 0) is 88.1 Å². The maximum atomic E-state index is 13.5. The van der Waals surface area contributed by atoms with Crippen molar-refractivity contribution in [1.82, 2.24) is 5.32 Å². The number of likely N-dealkylation sites (N-methyl/N-ethyl adjacent to an activating group) is 1. The summed E-state index contributed by atoms with van der Waals surface area (Å²) in [4.78, 5) is 25.3. The molecule has 0 bridgehead atoms. The van der Waals surface area contributed by atoms with E-state index in [2.05, 4.69) is 25.7 Å². The topological polar surface area (TPSA) is 75.6 Å². The summed E-state index contributed by atoms with van der Waals surface area (Å²) in [5.41, 5.74) is 2.41. The van der Waals surface area contributed by atoms with E-state index in [-0.39, 0.29) is 11.4 Å². The highest BCUT2D eigenvalue weighted by Gasteiger charge is 2.54. The van der Waals surface area contributed by atoms with Crippen molar-refractivity contribution in [1.29, 1.82) is 0 Å². The van der Waals surface area contributed by atoms with Crippen LogP contribution in [-0.4, -0.2) is 36.1 Å². The van der Waals surface area contributed by atoms with Crippen LogP contribution in [0.3, 0.4) is 0 Å². The van der Waals surface area contributed by atoms with Gasteiger partial charge < -0.3 is 15.2 Å². The zero-order valence-electron chi connectivity index (χ0n) is 18.0. The van der Waals surface area contributed by atoms with Gasteiger partial charge >= 0.3 is 5.97 Å². The fourth-order valence-corrected chi connectivity index (χ4v) is 5.02. The van der Waals surface area contributed by atoms with Crippen LogP contribution in [0.5, 0.6) is 0 Å². The number of allylic oxidation sites excluding steroid dienone is 1. The van der Waals surface area contributed by atoms with E-state index in [0.717, 1.165) is 36.8 Å². The molecule has 2 fully saturated rings. The number of rotatable bonds is 8. The highest BCUT2D eigenvalue weighted by molar-refractivity contribution is 6.06. The molecule has 0 amide bonds. The first-order valence-electron chi connectivity index (χ1n) is 10.5. The summed E-state index contributed by atoms with van der Waals surface area (Å²) in [7, 11) is 1.64. The molecule has 1 aromatic carbocycles. The van der Waals surface area contributed by atoms with Crippen LogP contribution < -0.4 is 5.32 Å². The number of ether oxygens (including phenoxy) is 1. The maximum absolute atomic E-state index is 13.5. The minimum atomic E-state index is -0.939. The number of nitrogens with one attached hydrogen (secondary N) is 1. The minimum absolute atomic E-state index is 0.0811. The van der Waals surface area contributed by atoms with Gasteiger partial charge in [-0.1, -0.05) is 24.8 Å². The quantitative estimate of drug-likeness (QED) is 0.644. The van der Waals surface area contributed by atoms with Crippen LogP contribution in [-0.2, 0) is 19.7 Å². The van der Waals surface area contributed by atoms with E-state index in [9.17, 15) is 14.7 Å². The third-order valence-corrected chi connectivity index (χ3v) is 6.47. The molecule has 1 aliphatic carbocycles. The van der Waals surface area contributed by atoms with Gasteiger partial charge in [-0.3, -0.25) is 9.59 Å². The second-order valence-corrected chi connectivity index (χ2v) is 9.28. The van der Waals surface area contributed by atoms with Crippen molar-refractivity contribution in [2.45, 2.75) is 69.9 Å². The standard InChI is InChI=1S/C24H33NO4/c1-15-7-6-8-18(20(25-5)22(27)28)19(15)24(10-11-24)21(26)16(2)13-17-9-12-29-23(3,4)14-17/h6-8,17,20,25H,2,9-14H2,1,3-5H3,(H,27,28)/t17-,20+/m0/s1. The zero-order valence-corrected chi connectivity index (χ0v) is 18.0. The largest absolute Gasteiger partial charge is 0.480 e. The molecule has 1 saturated heterocycles.